The van der Waals surface area contributed by atoms with Gasteiger partial charge >= 0.3 is 7.12 Å². The van der Waals surface area contributed by atoms with Crippen molar-refractivity contribution in [3.05, 3.63) is 30.2 Å². The van der Waals surface area contributed by atoms with Gasteiger partial charge in [-0.25, -0.2) is 0 Å². The molecule has 0 aliphatic heterocycles. The van der Waals surface area contributed by atoms with E-state index in [4.69, 9.17) is 14.5 Å². The van der Waals surface area contributed by atoms with Crippen molar-refractivity contribution in [2.45, 2.75) is 39.0 Å². The molecule has 2 aromatic rings. The molecule has 1 aromatic carbocycles. The molecule has 0 bridgehead atoms. The van der Waals surface area contributed by atoms with Crippen molar-refractivity contribution in [2.24, 2.45) is 0 Å². The van der Waals surface area contributed by atoms with Gasteiger partial charge in [-0.05, 0) is 24.0 Å². The van der Waals surface area contributed by atoms with Gasteiger partial charge in [0.05, 0.1) is 0 Å². The molecule has 1 atom stereocenters. The number of unbranched alkanes of at least 4 members (excludes halogenated alkanes) is 1. The van der Waals surface area contributed by atoms with E-state index in [1.165, 1.54) is 0 Å². The van der Waals surface area contributed by atoms with E-state index in [-0.39, 0.29) is 5.92 Å². The molecule has 0 amide bonds. The van der Waals surface area contributed by atoms with Crippen LogP contribution in [0, 0.1) is 0 Å². The first-order chi connectivity index (χ1) is 9.61. The van der Waals surface area contributed by atoms with Crippen LogP contribution in [0.15, 0.2) is 28.7 Å². The highest BCUT2D eigenvalue weighted by atomic mass is 16.4. The highest BCUT2D eigenvalue weighted by Gasteiger charge is 2.15. The highest BCUT2D eigenvalue weighted by molar-refractivity contribution is 6.58. The van der Waals surface area contributed by atoms with Gasteiger partial charge in [0, 0.05) is 11.5 Å². The Kier molecular flexibility index (Phi) is 4.92. The van der Waals surface area contributed by atoms with Gasteiger partial charge in [0.25, 0.3) is 0 Å². The molecule has 5 nitrogen and oxygen atoms in total. The zero-order valence-corrected chi connectivity index (χ0v) is 11.8. The molecule has 2 rings (SSSR count). The Morgan fingerprint density at radius 1 is 1.20 bits per heavy atom. The highest BCUT2D eigenvalue weighted by Crippen LogP contribution is 2.24. The Hall–Kier alpha value is -1.66. The summed E-state index contributed by atoms with van der Waals surface area (Å²) in [6.07, 6.45) is 3.33. The van der Waals surface area contributed by atoms with Crippen LogP contribution in [0.4, 0.5) is 0 Å². The smallest absolute Gasteiger partial charge is 0.423 e. The predicted molar refractivity (Wildman–Crippen MR) is 77.5 cm³/mol. The summed E-state index contributed by atoms with van der Waals surface area (Å²) in [6.45, 7) is 4.24. The van der Waals surface area contributed by atoms with Gasteiger partial charge in [0.1, 0.15) is 0 Å². The predicted octanol–water partition coefficient (Wildman–Crippen LogP) is 1.71. The van der Waals surface area contributed by atoms with Gasteiger partial charge < -0.3 is 14.5 Å². The Morgan fingerprint density at radius 2 is 1.90 bits per heavy atom. The van der Waals surface area contributed by atoms with E-state index in [9.17, 15) is 0 Å². The van der Waals surface area contributed by atoms with Crippen LogP contribution in [0.2, 0.25) is 0 Å². The summed E-state index contributed by atoms with van der Waals surface area (Å²) in [7, 11) is -1.46. The standard InChI is InChI=1S/C14H19BN2O3/c1-3-4-5-10(2)13-16-17-14(20-13)11-6-8-12(9-7-11)15(18)19/h6-10,18-19H,3-5H2,1-2H3. The Bertz CT molecular complexity index is 540. The number of nitrogens with zero attached hydrogens (tertiary/aromatic N) is 2. The van der Waals surface area contributed by atoms with Crippen LogP contribution in [-0.2, 0) is 0 Å². The first-order valence-electron chi connectivity index (χ1n) is 6.91. The van der Waals surface area contributed by atoms with Crippen molar-refractivity contribution < 1.29 is 14.5 Å². The molecule has 0 aliphatic carbocycles. The second-order valence-electron chi connectivity index (χ2n) is 4.98. The third-order valence-electron chi connectivity index (χ3n) is 3.31. The monoisotopic (exact) mass is 274 g/mol. The maximum atomic E-state index is 9.05. The van der Waals surface area contributed by atoms with Gasteiger partial charge in [0.2, 0.25) is 11.8 Å². The molecular weight excluding hydrogens is 255 g/mol. The summed E-state index contributed by atoms with van der Waals surface area (Å²) in [5.41, 5.74) is 1.21. The molecule has 0 saturated heterocycles. The van der Waals surface area contributed by atoms with E-state index < -0.39 is 7.12 Å². The molecule has 1 unspecified atom stereocenters. The number of aromatic nitrogens is 2. The Labute approximate surface area is 118 Å². The van der Waals surface area contributed by atoms with E-state index in [2.05, 4.69) is 24.0 Å². The molecule has 2 N–H and O–H groups in total. The Balaban J connectivity index is 2.11. The molecule has 0 saturated carbocycles. The van der Waals surface area contributed by atoms with Crippen molar-refractivity contribution in [1.82, 2.24) is 10.2 Å². The van der Waals surface area contributed by atoms with E-state index >= 15 is 0 Å². The summed E-state index contributed by atoms with van der Waals surface area (Å²) in [6, 6.07) is 6.74. The van der Waals surface area contributed by atoms with Crippen molar-refractivity contribution in [3.8, 4) is 11.5 Å². The maximum Gasteiger partial charge on any atom is 0.488 e. The molecule has 0 radical (unpaired) electrons. The molecule has 20 heavy (non-hydrogen) atoms. The van der Waals surface area contributed by atoms with E-state index in [0.29, 0.717) is 17.2 Å². The van der Waals surface area contributed by atoms with Gasteiger partial charge in [-0.15, -0.1) is 10.2 Å². The SMILES string of the molecule is CCCCC(C)c1nnc(-c2ccc(B(O)O)cc2)o1. The molecular formula is C14H19BN2O3. The summed E-state index contributed by atoms with van der Waals surface area (Å²) >= 11 is 0. The largest absolute Gasteiger partial charge is 0.488 e. The summed E-state index contributed by atoms with van der Waals surface area (Å²) in [5.74, 6) is 1.37. The van der Waals surface area contributed by atoms with Crippen LogP contribution < -0.4 is 5.46 Å². The first-order valence-corrected chi connectivity index (χ1v) is 6.91. The van der Waals surface area contributed by atoms with Gasteiger partial charge in [-0.1, -0.05) is 38.8 Å². The second kappa shape index (κ2) is 6.68. The van der Waals surface area contributed by atoms with Crippen LogP contribution in [0.1, 0.15) is 44.9 Å². The molecule has 0 fully saturated rings. The third-order valence-corrected chi connectivity index (χ3v) is 3.31. The van der Waals surface area contributed by atoms with Gasteiger partial charge in [-0.3, -0.25) is 0 Å². The number of hydrogen-bond acceptors (Lipinski definition) is 5. The lowest BCUT2D eigenvalue weighted by atomic mass is 9.80. The minimum atomic E-state index is -1.46. The molecule has 0 spiro atoms. The zero-order valence-electron chi connectivity index (χ0n) is 11.8. The average molecular weight is 274 g/mol. The quantitative estimate of drug-likeness (QED) is 0.784. The van der Waals surface area contributed by atoms with Crippen LogP contribution in [0.3, 0.4) is 0 Å². The molecule has 6 heteroatoms. The zero-order chi connectivity index (χ0) is 14.5. The molecule has 1 aromatic heterocycles. The second-order valence-corrected chi connectivity index (χ2v) is 4.98. The van der Waals surface area contributed by atoms with E-state index in [1.807, 2.05) is 0 Å². The minimum Gasteiger partial charge on any atom is -0.423 e. The third kappa shape index (κ3) is 3.46. The maximum absolute atomic E-state index is 9.05. The number of benzene rings is 1. The van der Waals surface area contributed by atoms with Crippen LogP contribution in [-0.4, -0.2) is 27.4 Å². The van der Waals surface area contributed by atoms with Crippen LogP contribution >= 0.6 is 0 Å². The topological polar surface area (TPSA) is 79.4 Å². The van der Waals surface area contributed by atoms with Crippen LogP contribution in [0.25, 0.3) is 11.5 Å². The summed E-state index contributed by atoms with van der Waals surface area (Å²) in [5, 5.41) is 26.2. The molecule has 1 heterocycles. The average Bonchev–Trinajstić information content (AvgIpc) is 2.94. The summed E-state index contributed by atoms with van der Waals surface area (Å²) in [4.78, 5) is 0. The van der Waals surface area contributed by atoms with Crippen molar-refractivity contribution in [1.29, 1.82) is 0 Å². The van der Waals surface area contributed by atoms with Gasteiger partial charge in [-0.2, -0.15) is 0 Å². The fraction of sp³-hybridized carbons (Fsp3) is 0.429. The van der Waals surface area contributed by atoms with Gasteiger partial charge in [0.15, 0.2) is 0 Å². The number of rotatable bonds is 6. The fourth-order valence-corrected chi connectivity index (χ4v) is 1.98. The van der Waals surface area contributed by atoms with E-state index in [1.54, 1.807) is 24.3 Å². The normalized spacial score (nSPS) is 12.4. The van der Waals surface area contributed by atoms with Crippen molar-refractivity contribution in [3.63, 3.8) is 0 Å². The number of hydrogen-bond donors (Lipinski definition) is 2. The molecule has 0 aliphatic rings. The lowest BCUT2D eigenvalue weighted by Gasteiger charge is -2.04. The lowest BCUT2D eigenvalue weighted by molar-refractivity contribution is 0.425. The van der Waals surface area contributed by atoms with Crippen molar-refractivity contribution >= 4 is 12.6 Å². The molecule has 106 valence electrons. The van der Waals surface area contributed by atoms with Crippen LogP contribution in [0.5, 0.6) is 0 Å². The fourth-order valence-electron chi connectivity index (χ4n) is 1.98. The lowest BCUT2D eigenvalue weighted by Crippen LogP contribution is -2.29. The Morgan fingerprint density at radius 3 is 2.50 bits per heavy atom. The van der Waals surface area contributed by atoms with Crippen molar-refractivity contribution in [2.75, 3.05) is 0 Å². The first kappa shape index (κ1) is 14.7. The van der Waals surface area contributed by atoms with E-state index in [0.717, 1.165) is 24.8 Å². The minimum absolute atomic E-state index is 0.259. The summed E-state index contributed by atoms with van der Waals surface area (Å²) < 4.78 is 5.68.